The minimum absolute atomic E-state index is 0.00267. The molecule has 1 aromatic rings. The van der Waals surface area contributed by atoms with E-state index in [1.165, 1.54) is 18.6 Å². The first kappa shape index (κ1) is 15.4. The number of ether oxygens (including phenoxy) is 2. The maximum absolute atomic E-state index is 11.8. The molecule has 0 atom stereocenters. The molecule has 0 aliphatic carbocycles. The summed E-state index contributed by atoms with van der Waals surface area (Å²) in [4.78, 5) is 42.5. The average Bonchev–Trinajstić information content (AvgIpc) is 2.53. The van der Waals surface area contributed by atoms with E-state index in [4.69, 9.17) is 9.47 Å². The summed E-state index contributed by atoms with van der Waals surface area (Å²) in [6, 6.07) is -0.487. The number of hydrogen-bond donors (Lipinski definition) is 2. The Morgan fingerprint density at radius 1 is 1.27 bits per heavy atom. The molecule has 2 amide bonds. The van der Waals surface area contributed by atoms with Gasteiger partial charge in [0, 0.05) is 12.4 Å². The molecule has 116 valence electrons. The lowest BCUT2D eigenvalue weighted by molar-refractivity contribution is -0.138. The highest BCUT2D eigenvalue weighted by molar-refractivity contribution is 5.94. The van der Waals surface area contributed by atoms with E-state index in [-0.39, 0.29) is 36.7 Å². The molecule has 1 aliphatic rings. The quantitative estimate of drug-likeness (QED) is 0.720. The highest BCUT2D eigenvalue weighted by atomic mass is 16.5. The second kappa shape index (κ2) is 7.16. The van der Waals surface area contributed by atoms with E-state index in [0.29, 0.717) is 0 Å². The molecule has 2 rings (SSSR count). The lowest BCUT2D eigenvalue weighted by atomic mass is 10.2. The van der Waals surface area contributed by atoms with Crippen LogP contribution in [0, 0.1) is 0 Å². The van der Waals surface area contributed by atoms with Crippen molar-refractivity contribution in [2.75, 3.05) is 19.8 Å². The van der Waals surface area contributed by atoms with Crippen molar-refractivity contribution in [3.63, 3.8) is 0 Å². The lowest BCUT2D eigenvalue weighted by Gasteiger charge is -2.20. The molecule has 22 heavy (non-hydrogen) atoms. The lowest BCUT2D eigenvalue weighted by Crippen LogP contribution is -2.45. The van der Waals surface area contributed by atoms with Gasteiger partial charge in [-0.2, -0.15) is 0 Å². The van der Waals surface area contributed by atoms with Gasteiger partial charge in [-0.15, -0.1) is 0 Å². The molecular weight excluding hydrogens is 292 g/mol. The van der Waals surface area contributed by atoms with Crippen LogP contribution in [0.2, 0.25) is 0 Å². The standard InChI is InChI=1S/C13H14N4O5/c1-2-21-11(18)8-5-16-13(20)17-10(8)7-22-12(19)9-6-14-3-4-15-9/h3-4,6H,2,5,7H2,1H3,(H2,16,17,20). The number of carbonyl (C=O) groups is 3. The van der Waals surface area contributed by atoms with Crippen LogP contribution in [0.4, 0.5) is 4.79 Å². The SMILES string of the molecule is CCOC(=O)C1=C(COC(=O)c2cnccn2)NC(=O)NC1. The van der Waals surface area contributed by atoms with Crippen LogP contribution in [-0.4, -0.2) is 47.7 Å². The van der Waals surface area contributed by atoms with E-state index >= 15 is 0 Å². The second-order valence-corrected chi connectivity index (χ2v) is 4.15. The summed E-state index contributed by atoms with van der Waals surface area (Å²) in [5.74, 6) is -1.29. The fraction of sp³-hybridized carbons (Fsp3) is 0.308. The molecule has 0 saturated carbocycles. The highest BCUT2D eigenvalue weighted by Gasteiger charge is 2.24. The van der Waals surface area contributed by atoms with Crippen molar-refractivity contribution in [3.05, 3.63) is 35.6 Å². The summed E-state index contributed by atoms with van der Waals surface area (Å²) in [5.41, 5.74) is 0.411. The van der Waals surface area contributed by atoms with Crippen LogP contribution in [0.3, 0.4) is 0 Å². The Morgan fingerprint density at radius 2 is 2.09 bits per heavy atom. The van der Waals surface area contributed by atoms with E-state index in [1.807, 2.05) is 0 Å². The van der Waals surface area contributed by atoms with Crippen molar-refractivity contribution in [1.82, 2.24) is 20.6 Å². The smallest absolute Gasteiger partial charge is 0.358 e. The number of nitrogens with zero attached hydrogens (tertiary/aromatic N) is 2. The third-order valence-electron chi connectivity index (χ3n) is 2.70. The van der Waals surface area contributed by atoms with Crippen molar-refractivity contribution < 1.29 is 23.9 Å². The number of amides is 2. The number of hydrogen-bond acceptors (Lipinski definition) is 7. The zero-order chi connectivity index (χ0) is 15.9. The number of carbonyl (C=O) groups excluding carboxylic acids is 3. The van der Waals surface area contributed by atoms with Crippen LogP contribution >= 0.6 is 0 Å². The molecule has 1 aromatic heterocycles. The predicted octanol–water partition coefficient (Wildman–Crippen LogP) is -0.237. The van der Waals surface area contributed by atoms with Gasteiger partial charge in [-0.1, -0.05) is 0 Å². The Morgan fingerprint density at radius 3 is 2.77 bits per heavy atom. The van der Waals surface area contributed by atoms with Gasteiger partial charge < -0.3 is 20.1 Å². The number of nitrogens with one attached hydrogen (secondary N) is 2. The minimum Gasteiger partial charge on any atom is -0.463 e. The number of esters is 2. The normalized spacial score (nSPS) is 14.0. The second-order valence-electron chi connectivity index (χ2n) is 4.15. The van der Waals surface area contributed by atoms with Crippen molar-refractivity contribution >= 4 is 18.0 Å². The summed E-state index contributed by atoms with van der Waals surface area (Å²) in [6.45, 7) is 1.59. The van der Waals surface area contributed by atoms with Crippen molar-refractivity contribution in [3.8, 4) is 0 Å². The molecule has 1 aliphatic heterocycles. The maximum Gasteiger partial charge on any atom is 0.358 e. The van der Waals surface area contributed by atoms with Gasteiger partial charge in [0.25, 0.3) is 0 Å². The van der Waals surface area contributed by atoms with E-state index in [2.05, 4.69) is 20.6 Å². The van der Waals surface area contributed by atoms with Crippen LogP contribution in [0.1, 0.15) is 17.4 Å². The molecule has 0 unspecified atom stereocenters. The Labute approximate surface area is 125 Å². The van der Waals surface area contributed by atoms with Crippen LogP contribution in [0.25, 0.3) is 0 Å². The molecule has 9 heteroatoms. The van der Waals surface area contributed by atoms with Gasteiger partial charge in [-0.25, -0.2) is 19.4 Å². The first-order valence-corrected chi connectivity index (χ1v) is 6.49. The molecule has 9 nitrogen and oxygen atoms in total. The monoisotopic (exact) mass is 306 g/mol. The van der Waals surface area contributed by atoms with E-state index in [9.17, 15) is 14.4 Å². The molecular formula is C13H14N4O5. The summed E-state index contributed by atoms with van der Waals surface area (Å²) in [7, 11) is 0. The van der Waals surface area contributed by atoms with Crippen molar-refractivity contribution in [2.45, 2.75) is 6.92 Å². The number of aromatic nitrogens is 2. The number of rotatable bonds is 5. The Kier molecular flexibility index (Phi) is 5.02. The fourth-order valence-electron chi connectivity index (χ4n) is 1.68. The molecule has 0 fully saturated rings. The molecule has 0 saturated heterocycles. The van der Waals surface area contributed by atoms with Crippen LogP contribution in [-0.2, 0) is 14.3 Å². The first-order chi connectivity index (χ1) is 10.6. The molecule has 0 spiro atoms. The number of urea groups is 1. The highest BCUT2D eigenvalue weighted by Crippen LogP contribution is 2.09. The zero-order valence-corrected chi connectivity index (χ0v) is 11.8. The van der Waals surface area contributed by atoms with Gasteiger partial charge in [0.05, 0.1) is 30.6 Å². The van der Waals surface area contributed by atoms with Crippen molar-refractivity contribution in [1.29, 1.82) is 0 Å². The topological polar surface area (TPSA) is 120 Å². The van der Waals surface area contributed by atoms with Gasteiger partial charge in [0.2, 0.25) is 0 Å². The van der Waals surface area contributed by atoms with Crippen LogP contribution in [0.15, 0.2) is 29.9 Å². The summed E-state index contributed by atoms with van der Waals surface area (Å²) >= 11 is 0. The Bertz CT molecular complexity index is 614. The Balaban J connectivity index is 2.08. The molecule has 0 bridgehead atoms. The van der Waals surface area contributed by atoms with Gasteiger partial charge >= 0.3 is 18.0 Å². The van der Waals surface area contributed by atoms with E-state index in [1.54, 1.807) is 6.92 Å². The van der Waals surface area contributed by atoms with Gasteiger partial charge in [0.15, 0.2) is 5.69 Å². The third-order valence-corrected chi connectivity index (χ3v) is 2.70. The molecule has 2 heterocycles. The molecule has 2 N–H and O–H groups in total. The van der Waals surface area contributed by atoms with Crippen LogP contribution in [0.5, 0.6) is 0 Å². The summed E-state index contributed by atoms with van der Waals surface area (Å²) in [6.07, 6.45) is 4.03. The van der Waals surface area contributed by atoms with Crippen LogP contribution < -0.4 is 10.6 Å². The minimum atomic E-state index is -0.711. The maximum atomic E-state index is 11.8. The largest absolute Gasteiger partial charge is 0.463 e. The fourth-order valence-corrected chi connectivity index (χ4v) is 1.68. The first-order valence-electron chi connectivity index (χ1n) is 6.49. The third kappa shape index (κ3) is 3.78. The molecule has 0 aromatic carbocycles. The Hall–Kier alpha value is -2.97. The van der Waals surface area contributed by atoms with E-state index in [0.717, 1.165) is 0 Å². The van der Waals surface area contributed by atoms with Gasteiger partial charge in [-0.3, -0.25) is 4.98 Å². The summed E-state index contributed by atoms with van der Waals surface area (Å²) < 4.78 is 9.91. The zero-order valence-electron chi connectivity index (χ0n) is 11.8. The predicted molar refractivity (Wildman–Crippen MR) is 72.5 cm³/mol. The average molecular weight is 306 g/mol. The van der Waals surface area contributed by atoms with E-state index < -0.39 is 18.0 Å². The summed E-state index contributed by atoms with van der Waals surface area (Å²) in [5, 5.41) is 4.88. The van der Waals surface area contributed by atoms with Gasteiger partial charge in [0.1, 0.15) is 6.61 Å². The van der Waals surface area contributed by atoms with Gasteiger partial charge in [-0.05, 0) is 6.92 Å². The molecule has 0 radical (unpaired) electrons. The van der Waals surface area contributed by atoms with Crippen molar-refractivity contribution in [2.24, 2.45) is 0 Å².